The van der Waals surface area contributed by atoms with Gasteiger partial charge in [0.05, 0.1) is 24.2 Å². The highest BCUT2D eigenvalue weighted by molar-refractivity contribution is 5.81. The summed E-state index contributed by atoms with van der Waals surface area (Å²) < 4.78 is 24.6. The summed E-state index contributed by atoms with van der Waals surface area (Å²) in [4.78, 5) is 28.8. The van der Waals surface area contributed by atoms with Crippen molar-refractivity contribution in [2.45, 2.75) is 25.3 Å². The fourth-order valence-corrected chi connectivity index (χ4v) is 3.66. The summed E-state index contributed by atoms with van der Waals surface area (Å²) >= 11 is 0. The van der Waals surface area contributed by atoms with Crippen LogP contribution in [0.1, 0.15) is 29.5 Å². The quantitative estimate of drug-likeness (QED) is 0.327. The van der Waals surface area contributed by atoms with Crippen molar-refractivity contribution in [3.63, 3.8) is 0 Å². The Morgan fingerprint density at radius 1 is 0.943 bits per heavy atom. The average Bonchev–Trinajstić information content (AvgIpc) is 3.36. The molecule has 0 aliphatic rings. The smallest absolute Gasteiger partial charge is 0.306 e. The van der Waals surface area contributed by atoms with Crippen LogP contribution in [0.3, 0.4) is 0 Å². The maximum Gasteiger partial charge on any atom is 0.306 e. The molecule has 35 heavy (non-hydrogen) atoms. The normalized spacial score (nSPS) is 11.6. The SMILES string of the molecule is O=C(COC(=O)CCc1ncc(-c2ccccc2F)o1)NC(Cc1ccccc1)c1ccccc1. The maximum absolute atomic E-state index is 13.9. The van der Waals surface area contributed by atoms with Crippen LogP contribution in [-0.2, 0) is 27.2 Å². The minimum absolute atomic E-state index is 0.0172. The summed E-state index contributed by atoms with van der Waals surface area (Å²) in [6, 6.07) is 25.5. The van der Waals surface area contributed by atoms with E-state index >= 15 is 0 Å². The lowest BCUT2D eigenvalue weighted by Gasteiger charge is -2.19. The van der Waals surface area contributed by atoms with E-state index in [0.717, 1.165) is 11.1 Å². The number of nitrogens with one attached hydrogen (secondary N) is 1. The number of nitrogens with zero attached hydrogens (tertiary/aromatic N) is 1. The van der Waals surface area contributed by atoms with E-state index in [2.05, 4.69) is 10.3 Å². The first kappa shape index (κ1) is 23.9. The predicted molar refractivity (Wildman–Crippen MR) is 129 cm³/mol. The molecule has 0 aliphatic heterocycles. The molecule has 1 heterocycles. The molecule has 4 rings (SSSR count). The van der Waals surface area contributed by atoms with Crippen LogP contribution in [0.4, 0.5) is 4.39 Å². The molecule has 7 heteroatoms. The van der Waals surface area contributed by atoms with E-state index in [4.69, 9.17) is 9.15 Å². The molecule has 0 spiro atoms. The number of carbonyl (C=O) groups excluding carboxylic acids is 2. The van der Waals surface area contributed by atoms with Gasteiger partial charge in [0.25, 0.3) is 5.91 Å². The molecule has 0 saturated carbocycles. The van der Waals surface area contributed by atoms with Gasteiger partial charge in [-0.3, -0.25) is 9.59 Å². The molecule has 0 bridgehead atoms. The number of esters is 1. The number of hydrogen-bond acceptors (Lipinski definition) is 5. The summed E-state index contributed by atoms with van der Waals surface area (Å²) in [6.07, 6.45) is 2.19. The van der Waals surface area contributed by atoms with E-state index in [1.165, 1.54) is 12.3 Å². The zero-order chi connectivity index (χ0) is 24.5. The number of benzene rings is 3. The number of aryl methyl sites for hydroxylation is 1. The molecule has 1 atom stereocenters. The minimum Gasteiger partial charge on any atom is -0.456 e. The first-order chi connectivity index (χ1) is 17.1. The van der Waals surface area contributed by atoms with Gasteiger partial charge in [0.2, 0.25) is 0 Å². The highest BCUT2D eigenvalue weighted by atomic mass is 19.1. The molecule has 1 aromatic heterocycles. The third-order valence-electron chi connectivity index (χ3n) is 5.42. The Labute approximate surface area is 202 Å². The van der Waals surface area contributed by atoms with E-state index in [0.29, 0.717) is 12.0 Å². The summed E-state index contributed by atoms with van der Waals surface area (Å²) in [6.45, 7) is -0.386. The Balaban J connectivity index is 1.27. The Morgan fingerprint density at radius 3 is 2.37 bits per heavy atom. The van der Waals surface area contributed by atoms with Crippen molar-refractivity contribution in [3.8, 4) is 11.3 Å². The molecule has 1 amide bonds. The van der Waals surface area contributed by atoms with E-state index in [1.807, 2.05) is 60.7 Å². The molecule has 0 saturated heterocycles. The second kappa shape index (κ2) is 11.7. The number of amides is 1. The van der Waals surface area contributed by atoms with Crippen LogP contribution >= 0.6 is 0 Å². The Hall–Kier alpha value is -4.26. The van der Waals surface area contributed by atoms with Gasteiger partial charge >= 0.3 is 5.97 Å². The van der Waals surface area contributed by atoms with Crippen LogP contribution in [0, 0.1) is 5.82 Å². The van der Waals surface area contributed by atoms with Gasteiger partial charge in [-0.15, -0.1) is 0 Å². The van der Waals surface area contributed by atoms with Gasteiger partial charge in [0.15, 0.2) is 18.3 Å². The molecule has 6 nitrogen and oxygen atoms in total. The second-order valence-corrected chi connectivity index (χ2v) is 7.98. The number of oxazole rings is 1. The number of halogens is 1. The highest BCUT2D eigenvalue weighted by Crippen LogP contribution is 2.23. The first-order valence-corrected chi connectivity index (χ1v) is 11.3. The van der Waals surface area contributed by atoms with Crippen LogP contribution in [0.5, 0.6) is 0 Å². The average molecular weight is 473 g/mol. The molecular weight excluding hydrogens is 447 g/mol. The van der Waals surface area contributed by atoms with Gasteiger partial charge in [-0.1, -0.05) is 72.8 Å². The number of carbonyl (C=O) groups is 2. The van der Waals surface area contributed by atoms with E-state index in [9.17, 15) is 14.0 Å². The van der Waals surface area contributed by atoms with Crippen molar-refractivity contribution in [2.75, 3.05) is 6.61 Å². The van der Waals surface area contributed by atoms with Crippen LogP contribution in [0.2, 0.25) is 0 Å². The summed E-state index contributed by atoms with van der Waals surface area (Å²) in [5.41, 5.74) is 2.35. The van der Waals surface area contributed by atoms with Gasteiger partial charge in [0, 0.05) is 6.42 Å². The van der Waals surface area contributed by atoms with Crippen molar-refractivity contribution < 1.29 is 23.1 Å². The van der Waals surface area contributed by atoms with Gasteiger partial charge < -0.3 is 14.5 Å². The van der Waals surface area contributed by atoms with Gasteiger partial charge in [-0.2, -0.15) is 0 Å². The lowest BCUT2D eigenvalue weighted by atomic mass is 9.99. The van der Waals surface area contributed by atoms with Crippen LogP contribution < -0.4 is 5.32 Å². The second-order valence-electron chi connectivity index (χ2n) is 7.98. The van der Waals surface area contributed by atoms with Crippen LogP contribution in [0.15, 0.2) is 95.5 Å². The molecule has 0 aliphatic carbocycles. The number of rotatable bonds is 10. The molecule has 3 aromatic carbocycles. The van der Waals surface area contributed by atoms with Crippen molar-refractivity contribution >= 4 is 11.9 Å². The summed E-state index contributed by atoms with van der Waals surface area (Å²) in [5.74, 6) is -0.777. The first-order valence-electron chi connectivity index (χ1n) is 11.3. The molecule has 4 aromatic rings. The van der Waals surface area contributed by atoms with Gasteiger partial charge in [-0.25, -0.2) is 9.37 Å². The fourth-order valence-electron chi connectivity index (χ4n) is 3.66. The number of aromatic nitrogens is 1. The van der Waals surface area contributed by atoms with E-state index < -0.39 is 11.8 Å². The lowest BCUT2D eigenvalue weighted by molar-refractivity contribution is -0.148. The van der Waals surface area contributed by atoms with Crippen LogP contribution in [0.25, 0.3) is 11.3 Å². The number of ether oxygens (including phenoxy) is 1. The Morgan fingerprint density at radius 2 is 1.63 bits per heavy atom. The lowest BCUT2D eigenvalue weighted by Crippen LogP contribution is -2.33. The van der Waals surface area contributed by atoms with Crippen molar-refractivity contribution in [2.24, 2.45) is 0 Å². The van der Waals surface area contributed by atoms with E-state index in [1.54, 1.807) is 18.2 Å². The van der Waals surface area contributed by atoms with Gasteiger partial charge in [-0.05, 0) is 29.7 Å². The predicted octanol–water partition coefficient (Wildman–Crippen LogP) is 5.06. The molecular formula is C28H25FN2O4. The van der Waals surface area contributed by atoms with E-state index in [-0.39, 0.29) is 43.0 Å². The zero-order valence-electron chi connectivity index (χ0n) is 19.0. The third kappa shape index (κ3) is 6.86. The minimum atomic E-state index is -0.551. The fraction of sp³-hybridized carbons (Fsp3) is 0.179. The Kier molecular flexibility index (Phi) is 8.01. The molecule has 0 radical (unpaired) electrons. The monoisotopic (exact) mass is 472 g/mol. The largest absolute Gasteiger partial charge is 0.456 e. The Bertz CT molecular complexity index is 1260. The van der Waals surface area contributed by atoms with Crippen molar-refractivity contribution in [3.05, 3.63) is 114 Å². The molecule has 0 fully saturated rings. The zero-order valence-corrected chi connectivity index (χ0v) is 19.0. The van der Waals surface area contributed by atoms with Crippen molar-refractivity contribution in [1.82, 2.24) is 10.3 Å². The maximum atomic E-state index is 13.9. The molecule has 1 N–H and O–H groups in total. The number of hydrogen-bond donors (Lipinski definition) is 1. The standard InChI is InChI=1S/C28H25FN2O4/c29-23-14-8-7-13-22(23)25-18-30-27(35-25)15-16-28(33)34-19-26(32)31-24(21-11-5-2-6-12-21)17-20-9-3-1-4-10-20/h1-14,18,24H,15-17,19H2,(H,31,32). The molecule has 1 unspecified atom stereocenters. The van der Waals surface area contributed by atoms with Crippen molar-refractivity contribution in [1.29, 1.82) is 0 Å². The highest BCUT2D eigenvalue weighted by Gasteiger charge is 2.17. The topological polar surface area (TPSA) is 81.4 Å². The van der Waals surface area contributed by atoms with Crippen LogP contribution in [-0.4, -0.2) is 23.5 Å². The van der Waals surface area contributed by atoms with Gasteiger partial charge in [0.1, 0.15) is 5.82 Å². The summed E-state index contributed by atoms with van der Waals surface area (Å²) in [5, 5.41) is 2.96. The summed E-state index contributed by atoms with van der Waals surface area (Å²) in [7, 11) is 0. The molecule has 178 valence electrons. The third-order valence-corrected chi connectivity index (χ3v) is 5.42.